The third-order valence-corrected chi connectivity index (χ3v) is 12.9. The smallest absolute Gasteiger partial charge is 0.141 e. The summed E-state index contributed by atoms with van der Waals surface area (Å²) in [6.07, 6.45) is 0. The topological polar surface area (TPSA) is 27.1 Å². The molecule has 0 radical (unpaired) electrons. The van der Waals surface area contributed by atoms with Gasteiger partial charge in [0.25, 0.3) is 0 Å². The van der Waals surface area contributed by atoms with Gasteiger partial charge in [0.2, 0.25) is 0 Å². The van der Waals surface area contributed by atoms with Gasteiger partial charge >= 0.3 is 0 Å². The molecule has 4 heterocycles. The molecular weight excluding hydrogens is 729 g/mol. The lowest BCUT2D eigenvalue weighted by Gasteiger charge is -2.29. The normalized spacial score (nSPS) is 14.3. The van der Waals surface area contributed by atoms with E-state index >= 15 is 0 Å². The molecule has 4 nitrogen and oxygen atoms in total. The molecule has 0 bridgehead atoms. The molecule has 0 saturated carbocycles. The van der Waals surface area contributed by atoms with Crippen molar-refractivity contribution in [2.75, 3.05) is 0 Å². The Morgan fingerprint density at radius 1 is 0.367 bits per heavy atom. The van der Waals surface area contributed by atoms with Gasteiger partial charge in [0, 0.05) is 55.2 Å². The summed E-state index contributed by atoms with van der Waals surface area (Å²) in [5.41, 5.74) is 13.5. The van der Waals surface area contributed by atoms with Gasteiger partial charge in [-0.25, -0.2) is 4.99 Å². The van der Waals surface area contributed by atoms with Gasteiger partial charge in [0.05, 0.1) is 38.8 Å². The van der Waals surface area contributed by atoms with Crippen molar-refractivity contribution in [3.63, 3.8) is 0 Å². The maximum absolute atomic E-state index is 5.58. The number of benzene rings is 9. The molecule has 0 saturated heterocycles. The van der Waals surface area contributed by atoms with Crippen molar-refractivity contribution in [3.8, 4) is 11.4 Å². The zero-order valence-electron chi connectivity index (χ0n) is 32.6. The minimum Gasteiger partial charge on any atom is -0.309 e. The number of allylic oxidation sites excluding steroid dienone is 1. The average molecular weight is 765 g/mol. The number of para-hydroxylation sites is 5. The van der Waals surface area contributed by atoms with Crippen LogP contribution in [-0.4, -0.2) is 19.5 Å². The lowest BCUT2D eigenvalue weighted by molar-refractivity contribution is 0.969. The summed E-state index contributed by atoms with van der Waals surface area (Å²) in [5, 5.41) is 9.78. The number of hydrogen-bond acceptors (Lipinski definition) is 1. The third kappa shape index (κ3) is 4.53. The zero-order valence-corrected chi connectivity index (χ0v) is 32.6. The van der Waals surface area contributed by atoms with Gasteiger partial charge in [-0.2, -0.15) is 0 Å². The predicted octanol–water partition coefficient (Wildman–Crippen LogP) is 14.4. The summed E-state index contributed by atoms with van der Waals surface area (Å²) in [4.78, 5) is 5.58. The zero-order chi connectivity index (χ0) is 39.5. The first-order valence-corrected chi connectivity index (χ1v) is 20.6. The van der Waals surface area contributed by atoms with Crippen molar-refractivity contribution >= 4 is 87.7 Å². The van der Waals surface area contributed by atoms with E-state index in [0.717, 1.165) is 45.1 Å². The highest BCUT2D eigenvalue weighted by molar-refractivity contribution is 6.26. The summed E-state index contributed by atoms with van der Waals surface area (Å²) in [6.45, 7) is 5.03. The number of aromatic nitrogens is 3. The second-order valence-electron chi connectivity index (χ2n) is 16.0. The second kappa shape index (κ2) is 12.5. The molecule has 0 aliphatic carbocycles. The van der Waals surface area contributed by atoms with Crippen LogP contribution in [0.15, 0.2) is 217 Å². The van der Waals surface area contributed by atoms with E-state index in [9.17, 15) is 0 Å². The van der Waals surface area contributed by atoms with Crippen LogP contribution in [-0.2, 0) is 0 Å². The van der Waals surface area contributed by atoms with Crippen LogP contribution >= 0.6 is 0 Å². The summed E-state index contributed by atoms with van der Waals surface area (Å²) >= 11 is 0. The van der Waals surface area contributed by atoms with Crippen LogP contribution < -0.4 is 0 Å². The molecule has 3 aromatic heterocycles. The maximum Gasteiger partial charge on any atom is 0.141 e. The Kier molecular flexibility index (Phi) is 6.90. The molecule has 4 heteroatoms. The molecule has 1 unspecified atom stereocenters. The number of rotatable bonds is 3. The molecule has 0 amide bonds. The van der Waals surface area contributed by atoms with Gasteiger partial charge in [0.15, 0.2) is 0 Å². The lowest BCUT2D eigenvalue weighted by Crippen LogP contribution is -2.23. The second-order valence-corrected chi connectivity index (χ2v) is 16.0. The van der Waals surface area contributed by atoms with Gasteiger partial charge in [-0.3, -0.25) is 4.57 Å². The van der Waals surface area contributed by atoms with Crippen LogP contribution in [0.5, 0.6) is 0 Å². The van der Waals surface area contributed by atoms with Crippen LogP contribution in [0.1, 0.15) is 17.0 Å². The first-order valence-electron chi connectivity index (χ1n) is 20.6. The van der Waals surface area contributed by atoms with Gasteiger partial charge in [-0.15, -0.1) is 0 Å². The van der Waals surface area contributed by atoms with Crippen molar-refractivity contribution in [3.05, 3.63) is 223 Å². The number of hydrogen-bond donors (Lipinski definition) is 0. The first-order chi connectivity index (χ1) is 29.7. The molecule has 1 atom stereocenters. The number of nitrogens with zero attached hydrogens (tertiary/aromatic N) is 4. The molecule has 60 heavy (non-hydrogen) atoms. The summed E-state index contributed by atoms with van der Waals surface area (Å²) < 4.78 is 7.20. The van der Waals surface area contributed by atoms with Crippen molar-refractivity contribution in [1.82, 2.24) is 13.7 Å². The predicted molar refractivity (Wildman–Crippen MR) is 252 cm³/mol. The molecule has 12 aromatic rings. The molecule has 1 aliphatic rings. The molecular formula is C56H36N4. The molecule has 1 aliphatic heterocycles. The van der Waals surface area contributed by atoms with E-state index in [1.165, 1.54) is 70.7 Å². The largest absolute Gasteiger partial charge is 0.309 e. The molecule has 0 N–H and O–H groups in total. The molecule has 9 aromatic carbocycles. The Morgan fingerprint density at radius 2 is 0.933 bits per heavy atom. The standard InChI is InChI=1S/C56H36N4/c1-35-53(45-24-15-29-50-55(45)43-23-10-14-28-49(43)58(50)37-17-3-2-4-18-37)42-22-7-11-25-46(42)57-56(35)60-51-33-30-36-16-5-6-19-39(36)54(51)44-32-31-38(34-52(44)60)59-47-26-12-8-20-40(47)41-21-9-13-27-48(41)59/h2-34,53H,1H2. The Morgan fingerprint density at radius 3 is 1.72 bits per heavy atom. The fourth-order valence-electron chi connectivity index (χ4n) is 10.4. The Bertz CT molecular complexity index is 3750. The average Bonchev–Trinajstić information content (AvgIpc) is 3.95. The summed E-state index contributed by atoms with van der Waals surface area (Å²) in [6, 6.07) is 72.6. The van der Waals surface area contributed by atoms with Crippen molar-refractivity contribution in [2.24, 2.45) is 4.99 Å². The van der Waals surface area contributed by atoms with Crippen LogP contribution in [0.3, 0.4) is 0 Å². The molecule has 13 rings (SSSR count). The van der Waals surface area contributed by atoms with Gasteiger partial charge < -0.3 is 9.13 Å². The van der Waals surface area contributed by atoms with Gasteiger partial charge in [0.1, 0.15) is 5.84 Å². The Hall–Kier alpha value is -7.95. The first kappa shape index (κ1) is 33.1. The SMILES string of the molecule is C=C1C(n2c3cc(-n4c5ccccc5c5ccccc54)ccc3c3c4ccccc4ccc32)=Nc2ccccc2C1c1cccc2c1c1ccccc1n2-c1ccccc1. The molecule has 0 fully saturated rings. The van der Waals surface area contributed by atoms with E-state index < -0.39 is 0 Å². The van der Waals surface area contributed by atoms with Crippen LogP contribution in [0.25, 0.3) is 87.6 Å². The van der Waals surface area contributed by atoms with Gasteiger partial charge in [-0.1, -0.05) is 146 Å². The Balaban J connectivity index is 1.10. The summed E-state index contributed by atoms with van der Waals surface area (Å²) in [7, 11) is 0. The van der Waals surface area contributed by atoms with Crippen LogP contribution in [0.4, 0.5) is 5.69 Å². The Labute approximate surface area is 345 Å². The highest BCUT2D eigenvalue weighted by atomic mass is 15.1. The van der Waals surface area contributed by atoms with E-state index in [0.29, 0.717) is 0 Å². The van der Waals surface area contributed by atoms with Crippen molar-refractivity contribution in [1.29, 1.82) is 0 Å². The fraction of sp³-hybridized carbons (Fsp3) is 0.0179. The van der Waals surface area contributed by atoms with E-state index in [1.54, 1.807) is 0 Å². The number of aliphatic imine (C=N–C) groups is 1. The van der Waals surface area contributed by atoms with Gasteiger partial charge in [-0.05, 0) is 82.6 Å². The lowest BCUT2D eigenvalue weighted by atomic mass is 9.80. The minimum absolute atomic E-state index is 0.152. The minimum atomic E-state index is -0.152. The highest BCUT2D eigenvalue weighted by Crippen LogP contribution is 2.48. The summed E-state index contributed by atoms with van der Waals surface area (Å²) in [5.74, 6) is 0.707. The highest BCUT2D eigenvalue weighted by Gasteiger charge is 2.33. The van der Waals surface area contributed by atoms with Crippen molar-refractivity contribution < 1.29 is 0 Å². The van der Waals surface area contributed by atoms with Crippen LogP contribution in [0.2, 0.25) is 0 Å². The van der Waals surface area contributed by atoms with Crippen LogP contribution in [0, 0.1) is 0 Å². The third-order valence-electron chi connectivity index (χ3n) is 12.9. The quantitative estimate of drug-likeness (QED) is 0.171. The monoisotopic (exact) mass is 764 g/mol. The number of fused-ring (bicyclic) bond motifs is 12. The molecule has 280 valence electrons. The fourth-order valence-corrected chi connectivity index (χ4v) is 10.4. The molecule has 0 spiro atoms. The van der Waals surface area contributed by atoms with E-state index in [2.05, 4.69) is 214 Å². The van der Waals surface area contributed by atoms with Crippen molar-refractivity contribution in [2.45, 2.75) is 5.92 Å². The van der Waals surface area contributed by atoms with E-state index in [1.807, 2.05) is 0 Å². The van der Waals surface area contributed by atoms with E-state index in [4.69, 9.17) is 11.6 Å². The van der Waals surface area contributed by atoms with E-state index in [-0.39, 0.29) is 5.92 Å². The maximum atomic E-state index is 5.58.